The average molecular weight is 439 g/mol. The number of aliphatic carboxylic acids is 1. The average Bonchev–Trinajstić information content (AvgIpc) is 3.16. The second-order valence-electron chi connectivity index (χ2n) is 8.59. The van der Waals surface area contributed by atoms with Gasteiger partial charge in [-0.3, -0.25) is 9.59 Å². The molecule has 0 aromatic heterocycles. The molecule has 3 atom stereocenters. The van der Waals surface area contributed by atoms with Crippen LogP contribution in [0.2, 0.25) is 0 Å². The molecule has 0 spiro atoms. The number of nitrogens with one attached hydrogen (secondary N) is 2. The van der Waals surface area contributed by atoms with Crippen molar-refractivity contribution in [2.45, 2.75) is 51.1 Å². The number of para-hydroxylation sites is 1. The number of hydrogen-bond donors (Lipinski definition) is 3. The van der Waals surface area contributed by atoms with Gasteiger partial charge in [-0.2, -0.15) is 0 Å². The van der Waals surface area contributed by atoms with Crippen molar-refractivity contribution >= 4 is 17.8 Å². The summed E-state index contributed by atoms with van der Waals surface area (Å²) in [5, 5.41) is 14.9. The first kappa shape index (κ1) is 23.3. The molecule has 3 rings (SSSR count). The van der Waals surface area contributed by atoms with Gasteiger partial charge in [-0.15, -0.1) is 0 Å². The molecule has 1 heterocycles. The summed E-state index contributed by atoms with van der Waals surface area (Å²) < 4.78 is 5.65. The normalized spacial score (nSPS) is 16.5. The second-order valence-corrected chi connectivity index (χ2v) is 8.59. The fourth-order valence-corrected chi connectivity index (χ4v) is 3.90. The highest BCUT2D eigenvalue weighted by molar-refractivity contribution is 5.90. The Labute approximate surface area is 188 Å². The molecule has 2 aromatic rings. The van der Waals surface area contributed by atoms with E-state index in [4.69, 9.17) is 4.74 Å². The largest absolute Gasteiger partial charge is 0.493 e. The van der Waals surface area contributed by atoms with Crippen LogP contribution in [-0.4, -0.2) is 41.6 Å². The van der Waals surface area contributed by atoms with Crippen molar-refractivity contribution in [1.82, 2.24) is 10.6 Å². The van der Waals surface area contributed by atoms with Gasteiger partial charge in [-0.25, -0.2) is 4.79 Å². The first-order valence-corrected chi connectivity index (χ1v) is 10.9. The van der Waals surface area contributed by atoms with Gasteiger partial charge >= 0.3 is 5.97 Å². The minimum atomic E-state index is -1.09. The molecule has 1 aliphatic heterocycles. The van der Waals surface area contributed by atoms with E-state index in [9.17, 15) is 19.5 Å². The first-order valence-electron chi connectivity index (χ1n) is 10.9. The summed E-state index contributed by atoms with van der Waals surface area (Å²) in [6.07, 6.45) is 0.761. The van der Waals surface area contributed by atoms with Crippen molar-refractivity contribution in [2.24, 2.45) is 5.92 Å². The number of fused-ring (bicyclic) bond motifs is 1. The van der Waals surface area contributed by atoms with E-state index < -0.39 is 24.0 Å². The molecule has 0 aliphatic carbocycles. The van der Waals surface area contributed by atoms with Crippen molar-refractivity contribution in [3.8, 4) is 5.75 Å². The molecule has 2 aromatic carbocycles. The molecule has 2 amide bonds. The van der Waals surface area contributed by atoms with Crippen LogP contribution < -0.4 is 15.4 Å². The lowest BCUT2D eigenvalue weighted by atomic mass is 9.97. The van der Waals surface area contributed by atoms with Crippen molar-refractivity contribution in [3.63, 3.8) is 0 Å². The van der Waals surface area contributed by atoms with Crippen molar-refractivity contribution in [3.05, 3.63) is 65.7 Å². The van der Waals surface area contributed by atoms with E-state index in [1.807, 2.05) is 68.4 Å². The highest BCUT2D eigenvalue weighted by Gasteiger charge is 2.30. The van der Waals surface area contributed by atoms with Crippen LogP contribution in [0.25, 0.3) is 0 Å². The standard InChI is InChI=1S/C25H30N2O5/c1-16(2)12-21(25(30)31)27-24(29)20(13-17-8-4-3-5-9-17)26-23(28)14-18-15-32-22-11-7-6-10-19(18)22/h3-11,16,18,20-21H,12-15H2,1-2H3,(H,26,28)(H,27,29)(H,30,31)/t18?,20-,21-/m0/s1. The fraction of sp³-hybridized carbons (Fsp3) is 0.400. The number of hydrogen-bond acceptors (Lipinski definition) is 4. The summed E-state index contributed by atoms with van der Waals surface area (Å²) in [7, 11) is 0. The van der Waals surface area contributed by atoms with Crippen LogP contribution in [0.5, 0.6) is 5.75 Å². The summed E-state index contributed by atoms with van der Waals surface area (Å²) >= 11 is 0. The van der Waals surface area contributed by atoms with Gasteiger partial charge in [0.2, 0.25) is 11.8 Å². The van der Waals surface area contributed by atoms with E-state index in [1.54, 1.807) is 0 Å². The zero-order valence-corrected chi connectivity index (χ0v) is 18.4. The zero-order chi connectivity index (χ0) is 23.1. The topological polar surface area (TPSA) is 105 Å². The van der Waals surface area contributed by atoms with Crippen LogP contribution in [-0.2, 0) is 20.8 Å². The maximum atomic E-state index is 13.0. The molecule has 0 saturated carbocycles. The maximum Gasteiger partial charge on any atom is 0.326 e. The van der Waals surface area contributed by atoms with Crippen LogP contribution in [0.3, 0.4) is 0 Å². The van der Waals surface area contributed by atoms with Crippen molar-refractivity contribution < 1.29 is 24.2 Å². The van der Waals surface area contributed by atoms with Gasteiger partial charge in [0.05, 0.1) is 6.61 Å². The zero-order valence-electron chi connectivity index (χ0n) is 18.4. The molecular weight excluding hydrogens is 408 g/mol. The Kier molecular flexibility index (Phi) is 7.87. The molecule has 32 heavy (non-hydrogen) atoms. The SMILES string of the molecule is CC(C)C[C@H](NC(=O)[C@H](Cc1ccccc1)NC(=O)CC1COc2ccccc21)C(=O)O. The Hall–Kier alpha value is -3.35. The van der Waals surface area contributed by atoms with Gasteiger partial charge in [0.15, 0.2) is 0 Å². The third-order valence-electron chi connectivity index (χ3n) is 5.49. The Morgan fingerprint density at radius 1 is 1.00 bits per heavy atom. The Balaban J connectivity index is 1.70. The van der Waals surface area contributed by atoms with Gasteiger partial charge in [-0.1, -0.05) is 62.4 Å². The highest BCUT2D eigenvalue weighted by Crippen LogP contribution is 2.35. The molecule has 0 fully saturated rings. The number of carbonyl (C=O) groups excluding carboxylic acids is 2. The fourth-order valence-electron chi connectivity index (χ4n) is 3.90. The molecule has 0 saturated heterocycles. The van der Waals surface area contributed by atoms with Crippen LogP contribution in [0, 0.1) is 5.92 Å². The molecule has 7 heteroatoms. The Morgan fingerprint density at radius 2 is 1.69 bits per heavy atom. The Morgan fingerprint density at radius 3 is 2.38 bits per heavy atom. The maximum absolute atomic E-state index is 13.0. The molecule has 1 aliphatic rings. The van der Waals surface area contributed by atoms with Crippen molar-refractivity contribution in [1.29, 1.82) is 0 Å². The molecular formula is C25H30N2O5. The van der Waals surface area contributed by atoms with E-state index in [1.165, 1.54) is 0 Å². The molecule has 0 bridgehead atoms. The summed E-state index contributed by atoms with van der Waals surface area (Å²) in [6, 6.07) is 15.1. The molecule has 170 valence electrons. The van der Waals surface area contributed by atoms with E-state index in [-0.39, 0.29) is 30.6 Å². The van der Waals surface area contributed by atoms with Gasteiger partial charge in [0, 0.05) is 24.3 Å². The van der Waals surface area contributed by atoms with Crippen LogP contribution in [0.15, 0.2) is 54.6 Å². The number of carboxylic acid groups (broad SMARTS) is 1. The van der Waals surface area contributed by atoms with Crippen molar-refractivity contribution in [2.75, 3.05) is 6.61 Å². The summed E-state index contributed by atoms with van der Waals surface area (Å²) in [5.74, 6) is -1.07. The minimum absolute atomic E-state index is 0.0839. The number of ether oxygens (including phenoxy) is 1. The minimum Gasteiger partial charge on any atom is -0.493 e. The molecule has 0 radical (unpaired) electrons. The van der Waals surface area contributed by atoms with Crippen LogP contribution in [0.4, 0.5) is 0 Å². The molecule has 7 nitrogen and oxygen atoms in total. The lowest BCUT2D eigenvalue weighted by Gasteiger charge is -2.23. The monoisotopic (exact) mass is 438 g/mol. The highest BCUT2D eigenvalue weighted by atomic mass is 16.5. The molecule has 1 unspecified atom stereocenters. The first-order chi connectivity index (χ1) is 15.3. The van der Waals surface area contributed by atoms with Crippen LogP contribution >= 0.6 is 0 Å². The van der Waals surface area contributed by atoms with Crippen LogP contribution in [0.1, 0.15) is 43.7 Å². The summed E-state index contributed by atoms with van der Waals surface area (Å²) in [6.45, 7) is 4.21. The Bertz CT molecular complexity index is 944. The number of rotatable bonds is 10. The lowest BCUT2D eigenvalue weighted by Crippen LogP contribution is -2.52. The third kappa shape index (κ3) is 6.33. The second kappa shape index (κ2) is 10.8. The number of amides is 2. The van der Waals surface area contributed by atoms with E-state index >= 15 is 0 Å². The van der Waals surface area contributed by atoms with Gasteiger partial charge in [0.25, 0.3) is 0 Å². The third-order valence-corrected chi connectivity index (χ3v) is 5.49. The summed E-state index contributed by atoms with van der Waals surface area (Å²) in [4.78, 5) is 37.5. The number of carbonyl (C=O) groups is 3. The smallest absolute Gasteiger partial charge is 0.326 e. The van der Waals surface area contributed by atoms with Gasteiger partial charge < -0.3 is 20.5 Å². The van der Waals surface area contributed by atoms with E-state index in [0.717, 1.165) is 16.9 Å². The van der Waals surface area contributed by atoms with Gasteiger partial charge in [0.1, 0.15) is 17.8 Å². The van der Waals surface area contributed by atoms with E-state index in [2.05, 4.69) is 10.6 Å². The quantitative estimate of drug-likeness (QED) is 0.529. The molecule has 3 N–H and O–H groups in total. The van der Waals surface area contributed by atoms with Gasteiger partial charge in [-0.05, 0) is 24.0 Å². The summed E-state index contributed by atoms with van der Waals surface area (Å²) in [5.41, 5.74) is 1.85. The lowest BCUT2D eigenvalue weighted by molar-refractivity contribution is -0.142. The number of benzene rings is 2. The number of carboxylic acids is 1. The predicted molar refractivity (Wildman–Crippen MR) is 120 cm³/mol. The predicted octanol–water partition coefficient (Wildman–Crippen LogP) is 2.90. The van der Waals surface area contributed by atoms with E-state index in [0.29, 0.717) is 13.0 Å².